The Balaban J connectivity index is 3.59. The molecule has 0 aromatic heterocycles. The van der Waals surface area contributed by atoms with Gasteiger partial charge in [0.25, 0.3) is 0 Å². The first kappa shape index (κ1) is 30.3. The SMILES string of the molecule is C=CC(=O)NCCCCC(NC(=O)CCOCCOCCOCCOCCN=[N+]=[N-])C(=O)O. The summed E-state index contributed by atoms with van der Waals surface area (Å²) in [6.45, 7) is 6.81. The van der Waals surface area contributed by atoms with Gasteiger partial charge in [-0.15, -0.1) is 0 Å². The van der Waals surface area contributed by atoms with Crippen molar-refractivity contribution in [2.24, 2.45) is 5.11 Å². The highest BCUT2D eigenvalue weighted by molar-refractivity contribution is 5.86. The van der Waals surface area contributed by atoms with Crippen LogP contribution < -0.4 is 10.6 Å². The van der Waals surface area contributed by atoms with Gasteiger partial charge >= 0.3 is 5.97 Å². The van der Waals surface area contributed by atoms with E-state index >= 15 is 0 Å². The molecule has 33 heavy (non-hydrogen) atoms. The lowest BCUT2D eigenvalue weighted by atomic mass is 10.1. The van der Waals surface area contributed by atoms with E-state index in [9.17, 15) is 19.5 Å². The minimum absolute atomic E-state index is 0.0436. The second-order valence-electron chi connectivity index (χ2n) is 6.60. The molecule has 0 saturated heterocycles. The van der Waals surface area contributed by atoms with Crippen LogP contribution in [0, 0.1) is 0 Å². The van der Waals surface area contributed by atoms with E-state index in [1.165, 1.54) is 6.08 Å². The van der Waals surface area contributed by atoms with Crippen LogP contribution in [-0.4, -0.2) is 94.9 Å². The number of nitrogens with one attached hydrogen (secondary N) is 2. The molecule has 1 atom stereocenters. The average molecular weight is 474 g/mol. The highest BCUT2D eigenvalue weighted by Gasteiger charge is 2.19. The normalized spacial score (nSPS) is 11.3. The summed E-state index contributed by atoms with van der Waals surface area (Å²) in [5.74, 6) is -1.79. The number of unbranched alkanes of at least 4 members (excludes halogenated alkanes) is 1. The quantitative estimate of drug-likeness (QED) is 0.0640. The number of carbonyl (C=O) groups excluding carboxylic acids is 2. The predicted octanol–water partition coefficient (Wildman–Crippen LogP) is 0.795. The summed E-state index contributed by atoms with van der Waals surface area (Å²) in [5.41, 5.74) is 8.10. The minimum Gasteiger partial charge on any atom is -0.480 e. The molecule has 0 spiro atoms. The second kappa shape index (κ2) is 22.5. The highest BCUT2D eigenvalue weighted by atomic mass is 16.6. The maximum Gasteiger partial charge on any atom is 0.326 e. The van der Waals surface area contributed by atoms with E-state index in [4.69, 9.17) is 24.5 Å². The maximum absolute atomic E-state index is 11.9. The Morgan fingerprint density at radius 1 is 0.970 bits per heavy atom. The van der Waals surface area contributed by atoms with E-state index in [2.05, 4.69) is 27.2 Å². The maximum atomic E-state index is 11.9. The molecule has 0 aromatic rings. The molecule has 0 aromatic carbocycles. The van der Waals surface area contributed by atoms with Crippen LogP contribution in [0.15, 0.2) is 17.8 Å². The number of aliphatic carboxylic acids is 1. The zero-order valence-corrected chi connectivity index (χ0v) is 18.9. The number of carboxylic acids is 1. The zero-order chi connectivity index (χ0) is 24.6. The third kappa shape index (κ3) is 20.9. The summed E-state index contributed by atoms with van der Waals surface area (Å²) >= 11 is 0. The van der Waals surface area contributed by atoms with Crippen LogP contribution in [0.25, 0.3) is 10.4 Å². The summed E-state index contributed by atoms with van der Waals surface area (Å²) in [7, 11) is 0. The molecule has 0 aliphatic rings. The molecule has 0 bridgehead atoms. The predicted molar refractivity (Wildman–Crippen MR) is 119 cm³/mol. The first-order valence-electron chi connectivity index (χ1n) is 10.8. The van der Waals surface area contributed by atoms with Gasteiger partial charge in [-0.05, 0) is 30.9 Å². The van der Waals surface area contributed by atoms with Crippen LogP contribution in [0.3, 0.4) is 0 Å². The van der Waals surface area contributed by atoms with Gasteiger partial charge in [-0.3, -0.25) is 9.59 Å². The lowest BCUT2D eigenvalue weighted by Gasteiger charge is -2.14. The zero-order valence-electron chi connectivity index (χ0n) is 18.9. The van der Waals surface area contributed by atoms with Crippen molar-refractivity contribution in [1.29, 1.82) is 0 Å². The molecule has 3 N–H and O–H groups in total. The molecule has 0 heterocycles. The Morgan fingerprint density at radius 2 is 1.55 bits per heavy atom. The second-order valence-corrected chi connectivity index (χ2v) is 6.60. The lowest BCUT2D eigenvalue weighted by Crippen LogP contribution is -2.41. The average Bonchev–Trinajstić information content (AvgIpc) is 2.80. The van der Waals surface area contributed by atoms with Crippen molar-refractivity contribution in [1.82, 2.24) is 10.6 Å². The molecule has 1 unspecified atom stereocenters. The van der Waals surface area contributed by atoms with E-state index in [-0.39, 0.29) is 25.4 Å². The number of nitrogens with zero attached hydrogens (tertiary/aromatic N) is 3. The molecule has 13 nitrogen and oxygen atoms in total. The molecule has 0 fully saturated rings. The lowest BCUT2D eigenvalue weighted by molar-refractivity contribution is -0.142. The Labute approximate surface area is 193 Å². The minimum atomic E-state index is -1.10. The molecule has 2 amide bonds. The van der Waals surface area contributed by atoms with E-state index in [0.717, 1.165) is 0 Å². The summed E-state index contributed by atoms with van der Waals surface area (Å²) in [4.78, 5) is 36.8. The number of ether oxygens (including phenoxy) is 4. The molecule has 188 valence electrons. The van der Waals surface area contributed by atoms with Gasteiger partial charge in [0.2, 0.25) is 11.8 Å². The van der Waals surface area contributed by atoms with E-state index in [0.29, 0.717) is 72.2 Å². The fourth-order valence-electron chi connectivity index (χ4n) is 2.36. The van der Waals surface area contributed by atoms with Crippen LogP contribution in [0.1, 0.15) is 25.7 Å². The molecule has 0 radical (unpaired) electrons. The number of azide groups is 1. The first-order chi connectivity index (χ1) is 16.0. The Hall–Kier alpha value is -2.70. The molecule has 0 aliphatic carbocycles. The standard InChI is InChI=1S/C20H35N5O8/c1-2-18(26)22-7-4-3-5-17(20(28)29)24-19(27)6-9-30-11-13-32-15-16-33-14-12-31-10-8-23-25-21/h2,17H,1,3-16H2,(H,22,26)(H,24,27)(H,28,29). The third-order valence-corrected chi connectivity index (χ3v) is 4.03. The molecular weight excluding hydrogens is 438 g/mol. The Morgan fingerprint density at radius 3 is 2.09 bits per heavy atom. The monoisotopic (exact) mass is 473 g/mol. The Kier molecular flexibility index (Phi) is 20.7. The molecule has 0 rings (SSSR count). The number of hydrogen-bond acceptors (Lipinski definition) is 8. The smallest absolute Gasteiger partial charge is 0.326 e. The van der Waals surface area contributed by atoms with Crippen molar-refractivity contribution in [3.63, 3.8) is 0 Å². The van der Waals surface area contributed by atoms with Crippen molar-refractivity contribution < 1.29 is 38.4 Å². The van der Waals surface area contributed by atoms with Gasteiger partial charge in [0.1, 0.15) is 6.04 Å². The number of rotatable bonds is 23. The molecule has 13 heteroatoms. The fraction of sp³-hybridized carbons (Fsp3) is 0.750. The van der Waals surface area contributed by atoms with Crippen molar-refractivity contribution in [3.05, 3.63) is 23.1 Å². The van der Waals surface area contributed by atoms with Gasteiger partial charge in [0.05, 0.1) is 52.9 Å². The molecule has 0 aliphatic heterocycles. The summed E-state index contributed by atoms with van der Waals surface area (Å²) in [6, 6.07) is -0.979. The fourth-order valence-corrected chi connectivity index (χ4v) is 2.36. The number of amides is 2. The summed E-state index contributed by atoms with van der Waals surface area (Å²) in [5, 5.41) is 17.6. The third-order valence-electron chi connectivity index (χ3n) is 4.03. The van der Waals surface area contributed by atoms with Gasteiger partial charge < -0.3 is 34.7 Å². The van der Waals surface area contributed by atoms with Crippen LogP contribution in [-0.2, 0) is 33.3 Å². The van der Waals surface area contributed by atoms with Gasteiger partial charge in [0.15, 0.2) is 0 Å². The van der Waals surface area contributed by atoms with Gasteiger partial charge in [-0.1, -0.05) is 11.7 Å². The molecular formula is C20H35N5O8. The topological polar surface area (TPSA) is 181 Å². The van der Waals surface area contributed by atoms with Crippen molar-refractivity contribution in [3.8, 4) is 0 Å². The Bertz CT molecular complexity index is 613. The van der Waals surface area contributed by atoms with E-state index < -0.39 is 17.9 Å². The highest BCUT2D eigenvalue weighted by Crippen LogP contribution is 2.02. The summed E-state index contributed by atoms with van der Waals surface area (Å²) in [6.07, 6.45) is 2.61. The van der Waals surface area contributed by atoms with Gasteiger partial charge in [0, 0.05) is 24.4 Å². The van der Waals surface area contributed by atoms with Crippen molar-refractivity contribution in [2.45, 2.75) is 31.7 Å². The van der Waals surface area contributed by atoms with Crippen LogP contribution in [0.4, 0.5) is 0 Å². The van der Waals surface area contributed by atoms with Crippen LogP contribution in [0.2, 0.25) is 0 Å². The van der Waals surface area contributed by atoms with Crippen LogP contribution in [0.5, 0.6) is 0 Å². The van der Waals surface area contributed by atoms with E-state index in [1.54, 1.807) is 0 Å². The van der Waals surface area contributed by atoms with Gasteiger partial charge in [-0.25, -0.2) is 4.79 Å². The number of carbonyl (C=O) groups is 3. The van der Waals surface area contributed by atoms with Gasteiger partial charge in [-0.2, -0.15) is 0 Å². The first-order valence-corrected chi connectivity index (χ1v) is 10.8. The molecule has 0 saturated carbocycles. The van der Waals surface area contributed by atoms with Crippen molar-refractivity contribution in [2.75, 3.05) is 65.9 Å². The number of hydrogen-bond donors (Lipinski definition) is 3. The summed E-state index contributed by atoms with van der Waals surface area (Å²) < 4.78 is 21.1. The van der Waals surface area contributed by atoms with Crippen molar-refractivity contribution >= 4 is 17.8 Å². The largest absolute Gasteiger partial charge is 0.480 e. The van der Waals surface area contributed by atoms with E-state index in [1.807, 2.05) is 0 Å². The number of carboxylic acid groups (broad SMARTS) is 1. The van der Waals surface area contributed by atoms with Crippen LogP contribution >= 0.6 is 0 Å².